The number of rotatable bonds is 6. The summed E-state index contributed by atoms with van der Waals surface area (Å²) < 4.78 is 5.53. The number of hydrogen-bond donors (Lipinski definition) is 2. The molecule has 2 heterocycles. The quantitative estimate of drug-likeness (QED) is 0.336. The van der Waals surface area contributed by atoms with Gasteiger partial charge in [-0.25, -0.2) is 9.78 Å². The van der Waals surface area contributed by atoms with E-state index in [4.69, 9.17) is 16.1 Å². The Labute approximate surface area is 198 Å². The first-order chi connectivity index (χ1) is 15.9. The van der Waals surface area contributed by atoms with Gasteiger partial charge in [0.2, 0.25) is 0 Å². The number of carboxylic acid groups (broad SMARTS) is 1. The summed E-state index contributed by atoms with van der Waals surface area (Å²) in [6.45, 7) is 3.43. The Balaban J connectivity index is 1.66. The van der Waals surface area contributed by atoms with Crippen LogP contribution in [0.2, 0.25) is 5.02 Å². The van der Waals surface area contributed by atoms with E-state index in [0.717, 1.165) is 0 Å². The number of aromatic nitrogens is 2. The molecule has 0 aliphatic carbocycles. The van der Waals surface area contributed by atoms with Crippen molar-refractivity contribution in [2.75, 3.05) is 10.2 Å². The van der Waals surface area contributed by atoms with Crippen LogP contribution in [0, 0.1) is 6.92 Å². The zero-order chi connectivity index (χ0) is 23.5. The first-order valence-electron chi connectivity index (χ1n) is 9.91. The highest BCUT2D eigenvalue weighted by Crippen LogP contribution is 2.39. The number of anilines is 2. The number of halogens is 1. The van der Waals surface area contributed by atoms with Gasteiger partial charge in [0.15, 0.2) is 10.8 Å². The fraction of sp³-hybridized carbons (Fsp3) is 0.130. The lowest BCUT2D eigenvalue weighted by atomic mass is 10.0. The lowest BCUT2D eigenvalue weighted by molar-refractivity contribution is 0.102. The molecule has 0 aliphatic heterocycles. The van der Waals surface area contributed by atoms with Gasteiger partial charge in [-0.2, -0.15) is 0 Å². The molecular weight excluding hydrogens is 464 g/mol. The Morgan fingerprint density at radius 1 is 1.18 bits per heavy atom. The van der Waals surface area contributed by atoms with E-state index in [0.29, 0.717) is 44.0 Å². The van der Waals surface area contributed by atoms with Gasteiger partial charge < -0.3 is 14.9 Å². The number of carbonyl (C=O) groups is 2. The third kappa shape index (κ3) is 4.59. The van der Waals surface area contributed by atoms with Gasteiger partial charge in [0.05, 0.1) is 6.04 Å². The SMILES string of the molecule is Cc1noc(-c2ccc(NC(=O)c3nccs3)cc2)c1N(C(=O)O)C(C)c1ccccc1Cl. The summed E-state index contributed by atoms with van der Waals surface area (Å²) in [5.41, 5.74) is 2.59. The van der Waals surface area contributed by atoms with Gasteiger partial charge in [0.1, 0.15) is 11.4 Å². The molecule has 4 aromatic rings. The van der Waals surface area contributed by atoms with E-state index < -0.39 is 12.1 Å². The summed E-state index contributed by atoms with van der Waals surface area (Å²) in [5, 5.41) is 19.4. The van der Waals surface area contributed by atoms with Crippen LogP contribution in [0.4, 0.5) is 16.2 Å². The number of hydrogen-bond acceptors (Lipinski definition) is 6. The molecule has 0 aliphatic rings. The highest BCUT2D eigenvalue weighted by Gasteiger charge is 2.31. The summed E-state index contributed by atoms with van der Waals surface area (Å²) >= 11 is 7.57. The molecule has 0 fully saturated rings. The van der Waals surface area contributed by atoms with Crippen LogP contribution < -0.4 is 10.2 Å². The van der Waals surface area contributed by atoms with Crippen LogP contribution in [-0.4, -0.2) is 27.2 Å². The van der Waals surface area contributed by atoms with Crippen LogP contribution in [0.3, 0.4) is 0 Å². The van der Waals surface area contributed by atoms with Gasteiger partial charge in [-0.1, -0.05) is 35.0 Å². The van der Waals surface area contributed by atoms with E-state index in [1.54, 1.807) is 74.0 Å². The average Bonchev–Trinajstić information content (AvgIpc) is 3.46. The molecule has 0 saturated carbocycles. The Kier molecular flexibility index (Phi) is 6.43. The van der Waals surface area contributed by atoms with Crippen molar-refractivity contribution in [1.29, 1.82) is 0 Å². The van der Waals surface area contributed by atoms with Crippen LogP contribution >= 0.6 is 22.9 Å². The second kappa shape index (κ2) is 9.43. The van der Waals surface area contributed by atoms with E-state index in [9.17, 15) is 14.7 Å². The fourth-order valence-electron chi connectivity index (χ4n) is 3.47. The van der Waals surface area contributed by atoms with Crippen molar-refractivity contribution < 1.29 is 19.2 Å². The van der Waals surface area contributed by atoms with Crippen molar-refractivity contribution in [3.05, 3.63) is 81.4 Å². The Morgan fingerprint density at radius 2 is 1.91 bits per heavy atom. The minimum absolute atomic E-state index is 0.298. The van der Waals surface area contributed by atoms with Crippen molar-refractivity contribution in [2.45, 2.75) is 19.9 Å². The number of aryl methyl sites for hydroxylation is 1. The van der Waals surface area contributed by atoms with Crippen molar-refractivity contribution in [3.63, 3.8) is 0 Å². The largest absolute Gasteiger partial charge is 0.465 e. The van der Waals surface area contributed by atoms with E-state index in [1.807, 2.05) is 0 Å². The van der Waals surface area contributed by atoms with Crippen molar-refractivity contribution >= 4 is 46.3 Å². The zero-order valence-corrected chi connectivity index (χ0v) is 19.2. The summed E-state index contributed by atoms with van der Waals surface area (Å²) in [6, 6.07) is 13.3. The average molecular weight is 483 g/mol. The van der Waals surface area contributed by atoms with E-state index in [2.05, 4.69) is 15.5 Å². The molecule has 1 atom stereocenters. The molecule has 8 nitrogen and oxygen atoms in total. The maximum Gasteiger partial charge on any atom is 0.412 e. The maximum absolute atomic E-state index is 12.3. The lowest BCUT2D eigenvalue weighted by Crippen LogP contribution is -2.33. The molecule has 2 aromatic heterocycles. The summed E-state index contributed by atoms with van der Waals surface area (Å²) in [7, 11) is 0. The number of benzene rings is 2. The van der Waals surface area contributed by atoms with Crippen LogP contribution in [-0.2, 0) is 0 Å². The number of amides is 2. The molecule has 0 saturated heterocycles. The topological polar surface area (TPSA) is 109 Å². The summed E-state index contributed by atoms with van der Waals surface area (Å²) in [4.78, 5) is 29.7. The predicted octanol–water partition coefficient (Wildman–Crippen LogP) is 6.26. The normalized spacial score (nSPS) is 11.7. The Morgan fingerprint density at radius 3 is 2.55 bits per heavy atom. The highest BCUT2D eigenvalue weighted by atomic mass is 35.5. The number of nitrogens with zero attached hydrogens (tertiary/aromatic N) is 3. The lowest BCUT2D eigenvalue weighted by Gasteiger charge is -2.27. The van der Waals surface area contributed by atoms with Gasteiger partial charge in [-0.3, -0.25) is 9.69 Å². The van der Waals surface area contributed by atoms with E-state index >= 15 is 0 Å². The van der Waals surface area contributed by atoms with Gasteiger partial charge in [0, 0.05) is 27.9 Å². The van der Waals surface area contributed by atoms with Gasteiger partial charge in [0.25, 0.3) is 5.91 Å². The third-order valence-corrected chi connectivity index (χ3v) is 6.17. The van der Waals surface area contributed by atoms with Crippen LogP contribution in [0.25, 0.3) is 11.3 Å². The molecular formula is C23H19ClN4O4S. The van der Waals surface area contributed by atoms with Gasteiger partial charge in [-0.05, 0) is 49.7 Å². The Bertz CT molecular complexity index is 1290. The Hall–Kier alpha value is -3.69. The predicted molar refractivity (Wildman–Crippen MR) is 127 cm³/mol. The first kappa shape index (κ1) is 22.5. The van der Waals surface area contributed by atoms with Crippen molar-refractivity contribution in [2.24, 2.45) is 0 Å². The third-order valence-electron chi connectivity index (χ3n) is 5.05. The number of carbonyl (C=O) groups excluding carboxylic acids is 1. The minimum Gasteiger partial charge on any atom is -0.465 e. The standard InChI is InChI=1S/C23H19ClN4O4S/c1-13-19(28(23(30)31)14(2)17-5-3-4-6-18(17)24)20(32-27-13)15-7-9-16(10-8-15)26-21(29)22-25-11-12-33-22/h3-12,14H,1-2H3,(H,26,29)(H,30,31). The van der Waals surface area contributed by atoms with Crippen molar-refractivity contribution in [3.8, 4) is 11.3 Å². The first-order valence-corrected chi connectivity index (χ1v) is 11.2. The molecule has 2 amide bonds. The highest BCUT2D eigenvalue weighted by molar-refractivity contribution is 7.11. The van der Waals surface area contributed by atoms with Crippen molar-refractivity contribution in [1.82, 2.24) is 10.1 Å². The van der Waals surface area contributed by atoms with Crippen LogP contribution in [0.15, 0.2) is 64.6 Å². The molecule has 1 unspecified atom stereocenters. The smallest absolute Gasteiger partial charge is 0.412 e. The van der Waals surface area contributed by atoms with Crippen LogP contribution in [0.1, 0.15) is 34.0 Å². The molecule has 2 aromatic carbocycles. The zero-order valence-electron chi connectivity index (χ0n) is 17.7. The fourth-order valence-corrected chi connectivity index (χ4v) is 4.30. The minimum atomic E-state index is -1.16. The van der Waals surface area contributed by atoms with Gasteiger partial charge >= 0.3 is 6.09 Å². The van der Waals surface area contributed by atoms with E-state index in [1.165, 1.54) is 16.2 Å². The molecule has 10 heteroatoms. The molecule has 0 spiro atoms. The number of nitrogens with one attached hydrogen (secondary N) is 1. The molecule has 2 N–H and O–H groups in total. The molecule has 0 bridgehead atoms. The van der Waals surface area contributed by atoms with E-state index in [-0.39, 0.29) is 5.91 Å². The number of thiazole rings is 1. The maximum atomic E-state index is 12.3. The molecule has 0 radical (unpaired) electrons. The second-order valence-electron chi connectivity index (χ2n) is 7.16. The molecule has 4 rings (SSSR count). The summed E-state index contributed by atoms with van der Waals surface area (Å²) in [6.07, 6.45) is 0.399. The second-order valence-corrected chi connectivity index (χ2v) is 8.47. The molecule has 33 heavy (non-hydrogen) atoms. The monoisotopic (exact) mass is 482 g/mol. The summed E-state index contributed by atoms with van der Waals surface area (Å²) in [5.74, 6) is -0.00818. The van der Waals surface area contributed by atoms with Gasteiger partial charge in [-0.15, -0.1) is 11.3 Å². The van der Waals surface area contributed by atoms with Crippen LogP contribution in [0.5, 0.6) is 0 Å². The molecule has 168 valence electrons.